The molecular weight excluding hydrogens is 316 g/mol. The maximum absolute atomic E-state index is 13.0. The number of fused-ring (bicyclic) bond motifs is 1. The molecule has 0 unspecified atom stereocenters. The molecule has 0 bridgehead atoms. The van der Waals surface area contributed by atoms with Crippen LogP contribution in [0.1, 0.15) is 42.9 Å². The number of rotatable bonds is 3. The third-order valence-electron chi connectivity index (χ3n) is 4.99. The van der Waals surface area contributed by atoms with E-state index in [4.69, 9.17) is 4.74 Å². The van der Waals surface area contributed by atoms with Crippen molar-refractivity contribution in [3.8, 4) is 5.75 Å². The minimum atomic E-state index is -0.0914. The van der Waals surface area contributed by atoms with Crippen molar-refractivity contribution in [2.45, 2.75) is 38.0 Å². The summed E-state index contributed by atoms with van der Waals surface area (Å²) in [6.07, 6.45) is 7.18. The number of hydrogen-bond acceptors (Lipinski definition) is 3. The van der Waals surface area contributed by atoms with Gasteiger partial charge < -0.3 is 10.1 Å². The van der Waals surface area contributed by atoms with Crippen molar-refractivity contribution < 1.29 is 9.53 Å². The monoisotopic (exact) mass is 340 g/mol. The summed E-state index contributed by atoms with van der Waals surface area (Å²) < 4.78 is 7.29. The highest BCUT2D eigenvalue weighted by Crippen LogP contribution is 2.42. The average Bonchev–Trinajstić information content (AvgIpc) is 3.41. The van der Waals surface area contributed by atoms with Crippen molar-refractivity contribution in [1.29, 1.82) is 0 Å². The number of nitrogens with zero attached hydrogens (tertiary/aromatic N) is 3. The highest BCUT2D eigenvalue weighted by Gasteiger charge is 2.31. The van der Waals surface area contributed by atoms with Gasteiger partial charge in [-0.1, -0.05) is 6.07 Å². The first-order valence-corrected chi connectivity index (χ1v) is 8.95. The van der Waals surface area contributed by atoms with Crippen LogP contribution >= 0.6 is 0 Å². The largest absolute Gasteiger partial charge is 0.496 e. The van der Waals surface area contributed by atoms with Gasteiger partial charge in [-0.05, 0) is 44.2 Å². The van der Waals surface area contributed by atoms with Crippen molar-refractivity contribution >= 4 is 17.4 Å². The summed E-state index contributed by atoms with van der Waals surface area (Å²) in [5, 5.41) is 7.62. The molecule has 1 aromatic heterocycles. The van der Waals surface area contributed by atoms with Crippen LogP contribution in [0.3, 0.4) is 0 Å². The van der Waals surface area contributed by atoms with Crippen LogP contribution in [-0.4, -0.2) is 29.5 Å². The molecule has 6 nitrogen and oxygen atoms in total. The molecule has 0 atom stereocenters. The van der Waals surface area contributed by atoms with Gasteiger partial charge in [0.2, 0.25) is 0 Å². The SMILES string of the molecule is COc1cccc2c1CCCCN2C(=O)Nc1cn(C)nc1C1CC1. The summed E-state index contributed by atoms with van der Waals surface area (Å²) in [5.41, 5.74) is 3.91. The Balaban J connectivity index is 1.62. The Hall–Kier alpha value is -2.50. The number of carbonyl (C=O) groups is 1. The molecule has 1 fully saturated rings. The lowest BCUT2D eigenvalue weighted by atomic mass is 10.1. The van der Waals surface area contributed by atoms with E-state index in [-0.39, 0.29) is 6.03 Å². The van der Waals surface area contributed by atoms with Gasteiger partial charge in [0, 0.05) is 31.3 Å². The molecule has 4 rings (SSSR count). The summed E-state index contributed by atoms with van der Waals surface area (Å²) in [4.78, 5) is 14.9. The zero-order valence-corrected chi connectivity index (χ0v) is 14.8. The van der Waals surface area contributed by atoms with E-state index in [2.05, 4.69) is 10.4 Å². The number of hydrogen-bond donors (Lipinski definition) is 1. The van der Waals surface area contributed by atoms with Gasteiger partial charge in [0.25, 0.3) is 0 Å². The van der Waals surface area contributed by atoms with Crippen LogP contribution < -0.4 is 15.0 Å². The second kappa shape index (κ2) is 6.43. The van der Waals surface area contributed by atoms with Gasteiger partial charge in [0.05, 0.1) is 24.2 Å². The maximum atomic E-state index is 13.0. The smallest absolute Gasteiger partial charge is 0.326 e. The molecule has 1 saturated carbocycles. The lowest BCUT2D eigenvalue weighted by Gasteiger charge is -2.24. The predicted molar refractivity (Wildman–Crippen MR) is 97.5 cm³/mol. The number of ether oxygens (including phenoxy) is 1. The topological polar surface area (TPSA) is 59.4 Å². The zero-order valence-electron chi connectivity index (χ0n) is 14.8. The molecule has 25 heavy (non-hydrogen) atoms. The fourth-order valence-electron chi connectivity index (χ4n) is 3.60. The fraction of sp³-hybridized carbons (Fsp3) is 0.474. The summed E-state index contributed by atoms with van der Waals surface area (Å²) in [5.74, 6) is 1.35. The van der Waals surface area contributed by atoms with Crippen molar-refractivity contribution in [3.63, 3.8) is 0 Å². The fourth-order valence-corrected chi connectivity index (χ4v) is 3.60. The highest BCUT2D eigenvalue weighted by molar-refractivity contribution is 6.02. The standard InChI is InChI=1S/C19H24N4O2/c1-22-12-15(18(21-22)13-9-10-13)20-19(24)23-11-4-3-6-14-16(23)7-5-8-17(14)25-2/h5,7-8,12-13H,3-4,6,9-11H2,1-2H3,(H,20,24). The molecule has 0 radical (unpaired) electrons. The Labute approximate surface area is 147 Å². The number of anilines is 2. The number of aromatic nitrogens is 2. The number of nitrogens with one attached hydrogen (secondary N) is 1. The van der Waals surface area contributed by atoms with Crippen molar-refractivity contribution in [2.24, 2.45) is 7.05 Å². The molecule has 1 N–H and O–H groups in total. The Morgan fingerprint density at radius 3 is 2.92 bits per heavy atom. The van der Waals surface area contributed by atoms with Crippen LogP contribution in [0.2, 0.25) is 0 Å². The highest BCUT2D eigenvalue weighted by atomic mass is 16.5. The van der Waals surface area contributed by atoms with E-state index in [0.717, 1.165) is 60.5 Å². The molecular formula is C19H24N4O2. The van der Waals surface area contributed by atoms with Crippen molar-refractivity contribution in [1.82, 2.24) is 9.78 Å². The third-order valence-corrected chi connectivity index (χ3v) is 4.99. The first-order valence-electron chi connectivity index (χ1n) is 8.95. The lowest BCUT2D eigenvalue weighted by molar-refractivity contribution is 0.257. The molecule has 1 aromatic carbocycles. The quantitative estimate of drug-likeness (QED) is 0.927. The van der Waals surface area contributed by atoms with Crippen LogP contribution in [0.4, 0.5) is 16.2 Å². The second-order valence-electron chi connectivity index (χ2n) is 6.87. The number of methoxy groups -OCH3 is 1. The van der Waals surface area contributed by atoms with E-state index in [1.165, 1.54) is 0 Å². The number of aryl methyl sites for hydroxylation is 1. The number of amides is 2. The summed E-state index contributed by atoms with van der Waals surface area (Å²) in [6, 6.07) is 5.83. The molecule has 1 aliphatic carbocycles. The normalized spacial score (nSPS) is 17.0. The second-order valence-corrected chi connectivity index (χ2v) is 6.87. The van der Waals surface area contributed by atoms with Gasteiger partial charge in [0.1, 0.15) is 5.75 Å². The lowest BCUT2D eigenvalue weighted by Crippen LogP contribution is -2.35. The molecule has 132 valence electrons. The van der Waals surface area contributed by atoms with E-state index in [1.54, 1.807) is 11.8 Å². The van der Waals surface area contributed by atoms with Crippen LogP contribution in [0.15, 0.2) is 24.4 Å². The minimum Gasteiger partial charge on any atom is -0.496 e. The Morgan fingerprint density at radius 1 is 1.32 bits per heavy atom. The Bertz CT molecular complexity index is 795. The van der Waals surface area contributed by atoms with Gasteiger partial charge in [-0.25, -0.2) is 4.79 Å². The number of carbonyl (C=O) groups excluding carboxylic acids is 1. The Kier molecular flexibility index (Phi) is 4.11. The average molecular weight is 340 g/mol. The molecule has 0 spiro atoms. The molecule has 2 heterocycles. The van der Waals surface area contributed by atoms with Crippen LogP contribution in [0, 0.1) is 0 Å². The van der Waals surface area contributed by atoms with Crippen molar-refractivity contribution in [3.05, 3.63) is 35.7 Å². The molecule has 2 aliphatic rings. The summed E-state index contributed by atoms with van der Waals surface area (Å²) in [7, 11) is 3.58. The third kappa shape index (κ3) is 3.08. The molecule has 2 aromatic rings. The van der Waals surface area contributed by atoms with E-state index in [9.17, 15) is 4.79 Å². The molecule has 2 amide bonds. The summed E-state index contributed by atoms with van der Waals surface area (Å²) in [6.45, 7) is 0.713. The van der Waals surface area contributed by atoms with E-state index in [0.29, 0.717) is 12.5 Å². The molecule has 6 heteroatoms. The first-order chi connectivity index (χ1) is 12.2. The van der Waals surface area contributed by atoms with E-state index in [1.807, 2.05) is 36.3 Å². The van der Waals surface area contributed by atoms with E-state index >= 15 is 0 Å². The predicted octanol–water partition coefficient (Wildman–Crippen LogP) is 3.68. The maximum Gasteiger partial charge on any atom is 0.326 e. The zero-order chi connectivity index (χ0) is 17.4. The Morgan fingerprint density at radius 2 is 2.16 bits per heavy atom. The molecule has 1 aliphatic heterocycles. The minimum absolute atomic E-state index is 0.0914. The van der Waals surface area contributed by atoms with Gasteiger partial charge in [0.15, 0.2) is 0 Å². The number of urea groups is 1. The summed E-state index contributed by atoms with van der Waals surface area (Å²) >= 11 is 0. The van der Waals surface area contributed by atoms with Gasteiger partial charge in [-0.15, -0.1) is 0 Å². The van der Waals surface area contributed by atoms with Gasteiger partial charge in [-0.3, -0.25) is 9.58 Å². The van der Waals surface area contributed by atoms with Gasteiger partial charge >= 0.3 is 6.03 Å². The molecule has 0 saturated heterocycles. The van der Waals surface area contributed by atoms with Crippen LogP contribution in [0.5, 0.6) is 5.75 Å². The van der Waals surface area contributed by atoms with E-state index < -0.39 is 0 Å². The number of benzene rings is 1. The van der Waals surface area contributed by atoms with Crippen molar-refractivity contribution in [2.75, 3.05) is 23.9 Å². The van der Waals surface area contributed by atoms with Gasteiger partial charge in [-0.2, -0.15) is 5.10 Å². The first kappa shape index (κ1) is 16.0. The van der Waals surface area contributed by atoms with Crippen LogP contribution in [-0.2, 0) is 13.5 Å². The van der Waals surface area contributed by atoms with Crippen LogP contribution in [0.25, 0.3) is 0 Å².